The van der Waals surface area contributed by atoms with Crippen LogP contribution in [0.3, 0.4) is 0 Å². The molecular formula is C11H12N6O2S. The van der Waals surface area contributed by atoms with E-state index in [1.807, 2.05) is 6.07 Å². The van der Waals surface area contributed by atoms with Gasteiger partial charge in [0.25, 0.3) is 5.95 Å². The van der Waals surface area contributed by atoms with Gasteiger partial charge in [0.15, 0.2) is 0 Å². The molecule has 0 atom stereocenters. The standard InChI is InChI=1S/C11H12N6O2S/c1-18-7-4-8(19-2)15-11(14-7)17-9(13)6(5-12)10(16-17)20-3/h4H,13H2,1-3H3. The van der Waals surface area contributed by atoms with E-state index in [0.29, 0.717) is 22.3 Å². The highest BCUT2D eigenvalue weighted by Gasteiger charge is 2.18. The number of rotatable bonds is 4. The highest BCUT2D eigenvalue weighted by molar-refractivity contribution is 7.98. The van der Waals surface area contributed by atoms with Gasteiger partial charge in [0.2, 0.25) is 11.8 Å². The smallest absolute Gasteiger partial charge is 0.259 e. The van der Waals surface area contributed by atoms with Gasteiger partial charge in [-0.15, -0.1) is 11.8 Å². The fraction of sp³-hybridized carbons (Fsp3) is 0.273. The van der Waals surface area contributed by atoms with Gasteiger partial charge in [0.1, 0.15) is 22.5 Å². The molecule has 2 rings (SSSR count). The third kappa shape index (κ3) is 2.33. The van der Waals surface area contributed by atoms with Crippen molar-refractivity contribution in [2.45, 2.75) is 5.03 Å². The molecule has 0 aliphatic heterocycles. The van der Waals surface area contributed by atoms with Crippen molar-refractivity contribution in [3.8, 4) is 23.8 Å². The van der Waals surface area contributed by atoms with Gasteiger partial charge in [-0.05, 0) is 6.26 Å². The maximum atomic E-state index is 9.11. The predicted molar refractivity (Wildman–Crippen MR) is 73.2 cm³/mol. The van der Waals surface area contributed by atoms with Crippen molar-refractivity contribution in [1.29, 1.82) is 5.26 Å². The fourth-order valence-corrected chi connectivity index (χ4v) is 2.02. The fourth-order valence-electron chi connectivity index (χ4n) is 1.51. The second-order valence-electron chi connectivity index (χ2n) is 3.55. The Labute approximate surface area is 119 Å². The Bertz CT molecular complexity index is 656. The normalized spacial score (nSPS) is 10.1. The lowest BCUT2D eigenvalue weighted by Gasteiger charge is -2.06. The number of methoxy groups -OCH3 is 2. The topological polar surface area (TPSA) is 112 Å². The Morgan fingerprint density at radius 1 is 1.30 bits per heavy atom. The highest BCUT2D eigenvalue weighted by atomic mass is 32.2. The minimum Gasteiger partial charge on any atom is -0.481 e. The molecule has 0 amide bonds. The van der Waals surface area contributed by atoms with Crippen molar-refractivity contribution >= 4 is 17.6 Å². The molecule has 2 aromatic heterocycles. The van der Waals surface area contributed by atoms with Gasteiger partial charge in [-0.25, -0.2) is 0 Å². The van der Waals surface area contributed by atoms with Crippen LogP contribution in [-0.4, -0.2) is 40.2 Å². The minimum absolute atomic E-state index is 0.173. The van der Waals surface area contributed by atoms with E-state index in [1.54, 1.807) is 6.26 Å². The zero-order valence-corrected chi connectivity index (χ0v) is 11.9. The number of nitrogens with two attached hydrogens (primary N) is 1. The van der Waals surface area contributed by atoms with Gasteiger partial charge in [-0.1, -0.05) is 0 Å². The van der Waals surface area contributed by atoms with E-state index in [-0.39, 0.29) is 11.8 Å². The first-order valence-corrected chi connectivity index (χ1v) is 6.67. The molecule has 20 heavy (non-hydrogen) atoms. The Kier molecular flexibility index (Phi) is 3.95. The summed E-state index contributed by atoms with van der Waals surface area (Å²) in [4.78, 5) is 8.28. The largest absolute Gasteiger partial charge is 0.481 e. The summed E-state index contributed by atoms with van der Waals surface area (Å²) in [6, 6.07) is 3.55. The maximum Gasteiger partial charge on any atom is 0.259 e. The monoisotopic (exact) mass is 292 g/mol. The van der Waals surface area contributed by atoms with E-state index >= 15 is 0 Å². The Morgan fingerprint density at radius 2 is 1.90 bits per heavy atom. The number of nitriles is 1. The molecule has 2 N–H and O–H groups in total. The number of ether oxygens (including phenoxy) is 2. The van der Waals surface area contributed by atoms with Crippen LogP contribution in [0.1, 0.15) is 5.56 Å². The molecule has 0 saturated carbocycles. The van der Waals surface area contributed by atoms with Gasteiger partial charge in [0.05, 0.1) is 20.3 Å². The predicted octanol–water partition coefficient (Wildman–Crippen LogP) is 0.855. The molecule has 0 aliphatic carbocycles. The van der Waals surface area contributed by atoms with Crippen LogP contribution in [0.5, 0.6) is 11.8 Å². The van der Waals surface area contributed by atoms with Gasteiger partial charge < -0.3 is 15.2 Å². The molecule has 8 nitrogen and oxygen atoms in total. The van der Waals surface area contributed by atoms with Gasteiger partial charge in [-0.2, -0.15) is 25.0 Å². The average Bonchev–Trinajstić information content (AvgIpc) is 2.82. The number of thioether (sulfide) groups is 1. The zero-order valence-electron chi connectivity index (χ0n) is 11.1. The SMILES string of the molecule is COc1cc(OC)nc(-n2nc(SC)c(C#N)c2N)n1. The van der Waals surface area contributed by atoms with E-state index in [0.717, 1.165) is 0 Å². The molecule has 104 valence electrons. The average molecular weight is 292 g/mol. The molecule has 2 heterocycles. The number of nitrogen functional groups attached to an aromatic ring is 1. The summed E-state index contributed by atoms with van der Waals surface area (Å²) in [6.07, 6.45) is 1.81. The summed E-state index contributed by atoms with van der Waals surface area (Å²) in [5.74, 6) is 0.972. The summed E-state index contributed by atoms with van der Waals surface area (Å²) < 4.78 is 11.4. The van der Waals surface area contributed by atoms with Crippen LogP contribution in [0, 0.1) is 11.3 Å². The lowest BCUT2D eigenvalue weighted by atomic mass is 10.4. The number of hydrogen-bond acceptors (Lipinski definition) is 8. The Hall–Kier alpha value is -2.47. The lowest BCUT2D eigenvalue weighted by Crippen LogP contribution is -2.08. The van der Waals surface area contributed by atoms with Gasteiger partial charge >= 0.3 is 0 Å². The van der Waals surface area contributed by atoms with Crippen molar-refractivity contribution in [3.63, 3.8) is 0 Å². The highest BCUT2D eigenvalue weighted by Crippen LogP contribution is 2.26. The van der Waals surface area contributed by atoms with Crippen molar-refractivity contribution in [3.05, 3.63) is 11.6 Å². The third-order valence-corrected chi connectivity index (χ3v) is 3.14. The van der Waals surface area contributed by atoms with E-state index in [4.69, 9.17) is 20.5 Å². The second-order valence-corrected chi connectivity index (χ2v) is 4.34. The van der Waals surface area contributed by atoms with Crippen molar-refractivity contribution in [2.24, 2.45) is 0 Å². The summed E-state index contributed by atoms with van der Waals surface area (Å²) in [5.41, 5.74) is 6.20. The Morgan fingerprint density at radius 3 is 2.30 bits per heavy atom. The number of hydrogen-bond donors (Lipinski definition) is 1. The molecule has 0 aromatic carbocycles. The number of anilines is 1. The molecule has 0 bridgehead atoms. The maximum absolute atomic E-state index is 9.11. The first-order valence-electron chi connectivity index (χ1n) is 5.44. The van der Waals surface area contributed by atoms with Gasteiger partial charge in [0, 0.05) is 0 Å². The molecule has 0 spiro atoms. The summed E-state index contributed by atoms with van der Waals surface area (Å²) >= 11 is 1.32. The molecule has 0 fully saturated rings. The van der Waals surface area contributed by atoms with Crippen molar-refractivity contribution < 1.29 is 9.47 Å². The van der Waals surface area contributed by atoms with Crippen molar-refractivity contribution in [2.75, 3.05) is 26.2 Å². The van der Waals surface area contributed by atoms with Crippen molar-refractivity contribution in [1.82, 2.24) is 19.7 Å². The van der Waals surface area contributed by atoms with Crippen LogP contribution in [0.25, 0.3) is 5.95 Å². The minimum atomic E-state index is 0.173. The van der Waals surface area contributed by atoms with Crippen LogP contribution >= 0.6 is 11.8 Å². The van der Waals surface area contributed by atoms with E-state index < -0.39 is 0 Å². The zero-order chi connectivity index (χ0) is 14.7. The molecule has 2 aromatic rings. The summed E-state index contributed by atoms with van der Waals surface area (Å²) in [5, 5.41) is 13.8. The van der Waals surface area contributed by atoms with E-state index in [2.05, 4.69) is 15.1 Å². The lowest BCUT2D eigenvalue weighted by molar-refractivity contribution is 0.370. The van der Waals surface area contributed by atoms with Crippen LogP contribution < -0.4 is 15.2 Å². The van der Waals surface area contributed by atoms with Crippen LogP contribution in [0.2, 0.25) is 0 Å². The van der Waals surface area contributed by atoms with Crippen LogP contribution in [0.15, 0.2) is 11.1 Å². The number of nitrogens with zero attached hydrogens (tertiary/aromatic N) is 5. The molecule has 0 radical (unpaired) electrons. The summed E-state index contributed by atoms with van der Waals surface area (Å²) in [6.45, 7) is 0. The first kappa shape index (κ1) is 14.0. The molecule has 0 saturated heterocycles. The second kappa shape index (κ2) is 5.66. The van der Waals surface area contributed by atoms with E-state index in [1.165, 1.54) is 36.7 Å². The number of aromatic nitrogens is 4. The van der Waals surface area contributed by atoms with Crippen LogP contribution in [-0.2, 0) is 0 Å². The summed E-state index contributed by atoms with van der Waals surface area (Å²) in [7, 11) is 2.96. The quantitative estimate of drug-likeness (QED) is 0.825. The Balaban J connectivity index is 2.62. The molecule has 9 heteroatoms. The van der Waals surface area contributed by atoms with Gasteiger partial charge in [-0.3, -0.25) is 0 Å². The molecule has 0 aliphatic rings. The molecular weight excluding hydrogens is 280 g/mol. The third-order valence-electron chi connectivity index (χ3n) is 2.47. The first-order chi connectivity index (χ1) is 9.64. The van der Waals surface area contributed by atoms with Crippen LogP contribution in [0.4, 0.5) is 5.82 Å². The molecule has 0 unspecified atom stereocenters. The van der Waals surface area contributed by atoms with E-state index in [9.17, 15) is 0 Å².